The first-order chi connectivity index (χ1) is 15.3. The Balaban J connectivity index is 5.24. The second-order valence-corrected chi connectivity index (χ2v) is 8.29. The minimum absolute atomic E-state index is 0.0511. The fourth-order valence-electron chi connectivity index (χ4n) is 2.45. The van der Waals surface area contributed by atoms with Gasteiger partial charge >= 0.3 is 0 Å². The van der Waals surface area contributed by atoms with Crippen molar-refractivity contribution in [3.05, 3.63) is 133 Å². The lowest BCUT2D eigenvalue weighted by atomic mass is 10.00. The van der Waals surface area contributed by atoms with Gasteiger partial charge in [-0.25, -0.2) is 13.2 Å². The summed E-state index contributed by atoms with van der Waals surface area (Å²) in [5.41, 5.74) is 1.69. The fraction of sp³-hybridized carbons (Fsp3) is 0.267. The molecule has 0 unspecified atom stereocenters. The summed E-state index contributed by atoms with van der Waals surface area (Å²) in [6, 6.07) is 0. The summed E-state index contributed by atoms with van der Waals surface area (Å²) in [5, 5.41) is 0. The molecule has 3 heteroatoms. The average Bonchev–Trinajstić information content (AvgIpc) is 2.78. The minimum atomic E-state index is -1.12. The minimum Gasteiger partial charge on any atom is -0.206 e. The van der Waals surface area contributed by atoms with Gasteiger partial charge in [-0.2, -0.15) is 0 Å². The molecule has 0 amide bonds. The molecule has 33 heavy (non-hydrogen) atoms. The highest BCUT2D eigenvalue weighted by Gasteiger charge is 2.14. The molecule has 0 nitrogen and oxygen atoms in total. The third kappa shape index (κ3) is 10.9. The first kappa shape index (κ1) is 29.9. The zero-order valence-electron chi connectivity index (χ0n) is 20.4. The number of unbranched alkanes of at least 4 members (excludes halogenated alkanes) is 1. The Bertz CT molecular complexity index is 943. The van der Waals surface area contributed by atoms with Crippen molar-refractivity contribution in [3.63, 3.8) is 0 Å². The van der Waals surface area contributed by atoms with Gasteiger partial charge in [0.05, 0.1) is 0 Å². The van der Waals surface area contributed by atoms with E-state index in [2.05, 4.69) is 59.9 Å². The molecule has 0 N–H and O–H groups in total. The fourth-order valence-corrected chi connectivity index (χ4v) is 2.45. The molecule has 178 valence electrons. The van der Waals surface area contributed by atoms with Crippen LogP contribution in [0, 0.1) is 5.92 Å². The van der Waals surface area contributed by atoms with Gasteiger partial charge < -0.3 is 0 Å². The highest BCUT2D eigenvalue weighted by molar-refractivity contribution is 5.54. The van der Waals surface area contributed by atoms with Crippen molar-refractivity contribution in [2.45, 2.75) is 46.5 Å². The summed E-state index contributed by atoms with van der Waals surface area (Å²) in [7, 11) is 0. The molecule has 0 saturated carbocycles. The van der Waals surface area contributed by atoms with Gasteiger partial charge in [-0.1, -0.05) is 77.6 Å². The first-order valence-corrected chi connectivity index (χ1v) is 10.9. The summed E-state index contributed by atoms with van der Waals surface area (Å²) in [4.78, 5) is 0. The molecule has 0 aromatic heterocycles. The molecule has 0 saturated heterocycles. The second-order valence-electron chi connectivity index (χ2n) is 8.29. The maximum Gasteiger partial charge on any atom is 0.166 e. The van der Waals surface area contributed by atoms with Crippen LogP contribution in [-0.4, -0.2) is 0 Å². The van der Waals surface area contributed by atoms with Gasteiger partial charge in [0.25, 0.3) is 0 Å². The quantitative estimate of drug-likeness (QED) is 0.131. The van der Waals surface area contributed by atoms with Crippen LogP contribution in [0.5, 0.6) is 0 Å². The molecule has 0 bridgehead atoms. The Labute approximate surface area is 198 Å². The van der Waals surface area contributed by atoms with Gasteiger partial charge in [-0.3, -0.25) is 0 Å². The first-order valence-electron chi connectivity index (χ1n) is 10.9. The zero-order chi connectivity index (χ0) is 25.7. The summed E-state index contributed by atoms with van der Waals surface area (Å²) in [5.74, 6) is -2.25. The lowest BCUT2D eigenvalue weighted by molar-refractivity contribution is 0.550. The Morgan fingerprint density at radius 1 is 0.818 bits per heavy atom. The van der Waals surface area contributed by atoms with Crippen LogP contribution >= 0.6 is 0 Å². The van der Waals surface area contributed by atoms with E-state index in [1.807, 2.05) is 13.0 Å². The van der Waals surface area contributed by atoms with Crippen LogP contribution in [0.4, 0.5) is 13.2 Å². The van der Waals surface area contributed by atoms with Gasteiger partial charge in [0.15, 0.2) is 11.7 Å². The van der Waals surface area contributed by atoms with Crippen molar-refractivity contribution in [1.29, 1.82) is 0 Å². The third-order valence-corrected chi connectivity index (χ3v) is 4.91. The maximum atomic E-state index is 14.6. The standard InChI is InChI=1S/C30H37F3/c1-11-12-13-14-24(7)29(32)30(33)27(10)23(6)18-17-22(5)26(9)28(31)19-25(8)21(4)16-15-20(2)3/h11,16-20H,1,5-10,12-15H2,2-4H3/b18-17-,21-16+,28-19+,30-29-. The van der Waals surface area contributed by atoms with Gasteiger partial charge in [0.1, 0.15) is 5.83 Å². The van der Waals surface area contributed by atoms with Gasteiger partial charge in [-0.05, 0) is 72.5 Å². The highest BCUT2D eigenvalue weighted by Crippen LogP contribution is 2.29. The molecule has 0 fully saturated rings. The highest BCUT2D eigenvalue weighted by atomic mass is 19.2. The van der Waals surface area contributed by atoms with Gasteiger partial charge in [0.2, 0.25) is 0 Å². The molecule has 0 aliphatic rings. The predicted octanol–water partition coefficient (Wildman–Crippen LogP) is 10.2. The molecule has 0 heterocycles. The lowest BCUT2D eigenvalue weighted by Gasteiger charge is -2.08. The van der Waals surface area contributed by atoms with Crippen molar-refractivity contribution in [1.82, 2.24) is 0 Å². The number of halogens is 3. The average molecular weight is 455 g/mol. The largest absolute Gasteiger partial charge is 0.206 e. The molecule has 0 rings (SSSR count). The van der Waals surface area contributed by atoms with E-state index in [-0.39, 0.29) is 27.9 Å². The molecule has 0 spiro atoms. The van der Waals surface area contributed by atoms with E-state index in [0.29, 0.717) is 30.8 Å². The van der Waals surface area contributed by atoms with Crippen LogP contribution in [0.25, 0.3) is 0 Å². The molecule has 0 atom stereocenters. The van der Waals surface area contributed by atoms with E-state index < -0.39 is 17.5 Å². The number of hydrogen-bond acceptors (Lipinski definition) is 0. The van der Waals surface area contributed by atoms with Gasteiger partial charge in [-0.15, -0.1) is 6.58 Å². The topological polar surface area (TPSA) is 0 Å². The Morgan fingerprint density at radius 3 is 1.88 bits per heavy atom. The normalized spacial score (nSPS) is 13.1. The van der Waals surface area contributed by atoms with Crippen LogP contribution in [0.2, 0.25) is 0 Å². The monoisotopic (exact) mass is 454 g/mol. The third-order valence-electron chi connectivity index (χ3n) is 4.91. The Morgan fingerprint density at radius 2 is 1.36 bits per heavy atom. The summed E-state index contributed by atoms with van der Waals surface area (Å²) < 4.78 is 43.3. The molecule has 0 aromatic carbocycles. The van der Waals surface area contributed by atoms with E-state index in [1.165, 1.54) is 18.2 Å². The van der Waals surface area contributed by atoms with Crippen molar-refractivity contribution in [3.8, 4) is 0 Å². The lowest BCUT2D eigenvalue weighted by Crippen LogP contribution is -1.93. The van der Waals surface area contributed by atoms with Crippen LogP contribution in [0.1, 0.15) is 46.5 Å². The SMILES string of the molecule is C=CCCCC(=C)/C(F)=C(/F)C(=C)C(=C)/C=C\C(=C)C(=C)/C(F)=C\C(=C)/C(C)=C/CC(C)C. The Kier molecular flexibility index (Phi) is 13.5. The molecule has 0 aliphatic carbocycles. The van der Waals surface area contributed by atoms with Crippen LogP contribution in [0.15, 0.2) is 133 Å². The number of rotatable bonds is 15. The number of hydrogen-bond donors (Lipinski definition) is 0. The van der Waals surface area contributed by atoms with Crippen LogP contribution in [0.3, 0.4) is 0 Å². The molecule has 0 aromatic rings. The van der Waals surface area contributed by atoms with Crippen LogP contribution in [-0.2, 0) is 0 Å². The van der Waals surface area contributed by atoms with E-state index in [1.54, 1.807) is 6.08 Å². The van der Waals surface area contributed by atoms with Crippen LogP contribution < -0.4 is 0 Å². The molecular formula is C30H37F3. The number of allylic oxidation sites excluding steroid dienone is 15. The summed E-state index contributed by atoms with van der Waals surface area (Å²) >= 11 is 0. The van der Waals surface area contributed by atoms with Crippen molar-refractivity contribution < 1.29 is 13.2 Å². The maximum absolute atomic E-state index is 14.6. The van der Waals surface area contributed by atoms with Crippen molar-refractivity contribution >= 4 is 0 Å². The van der Waals surface area contributed by atoms with Crippen molar-refractivity contribution in [2.24, 2.45) is 5.92 Å². The van der Waals surface area contributed by atoms with Crippen molar-refractivity contribution in [2.75, 3.05) is 0 Å². The molecule has 0 radical (unpaired) electrons. The van der Waals surface area contributed by atoms with E-state index in [0.717, 1.165) is 12.0 Å². The Hall–Kier alpha value is -3.07. The van der Waals surface area contributed by atoms with Gasteiger partial charge in [0, 0.05) is 11.1 Å². The summed E-state index contributed by atoms with van der Waals surface area (Å²) in [6.07, 6.45) is 10.3. The smallest absolute Gasteiger partial charge is 0.166 e. The second kappa shape index (κ2) is 14.9. The van der Waals surface area contributed by atoms with E-state index in [4.69, 9.17) is 0 Å². The van der Waals surface area contributed by atoms with E-state index in [9.17, 15) is 13.2 Å². The van der Waals surface area contributed by atoms with E-state index >= 15 is 0 Å². The zero-order valence-corrected chi connectivity index (χ0v) is 20.4. The predicted molar refractivity (Wildman–Crippen MR) is 140 cm³/mol. The molecule has 0 aliphatic heterocycles. The summed E-state index contributed by atoms with van der Waals surface area (Å²) in [6.45, 7) is 31.9. The molecular weight excluding hydrogens is 417 g/mol.